The summed E-state index contributed by atoms with van der Waals surface area (Å²) in [6, 6.07) is 39.0. The molecule has 0 aliphatic carbocycles. The predicted molar refractivity (Wildman–Crippen MR) is 118 cm³/mol. The fraction of sp³-hybridized carbons (Fsp3) is 0. The molecule has 0 N–H and O–H groups in total. The van der Waals surface area contributed by atoms with Crippen molar-refractivity contribution in [3.63, 3.8) is 0 Å². The molecule has 27 heavy (non-hydrogen) atoms. The van der Waals surface area contributed by atoms with E-state index in [1.54, 1.807) is 0 Å². The lowest BCUT2D eigenvalue weighted by Gasteiger charge is -2.06. The summed E-state index contributed by atoms with van der Waals surface area (Å²) in [6.07, 6.45) is 0. The summed E-state index contributed by atoms with van der Waals surface area (Å²) in [6.45, 7) is 0. The van der Waals surface area contributed by atoms with Gasteiger partial charge < -0.3 is 0 Å². The predicted octanol–water partition coefficient (Wildman–Crippen LogP) is 7.90. The normalized spacial score (nSPS) is 11.0. The van der Waals surface area contributed by atoms with Crippen molar-refractivity contribution in [2.24, 2.45) is 0 Å². The van der Waals surface area contributed by atoms with Crippen LogP contribution in [0.25, 0.3) is 42.8 Å². The van der Waals surface area contributed by atoms with Crippen molar-refractivity contribution in [2.75, 3.05) is 0 Å². The SMILES string of the molecule is c1ccc(-c2cc(-c3ccccc3)c(-c3ccc4ccccc4c3)s2)cc1. The molecule has 0 spiro atoms. The summed E-state index contributed by atoms with van der Waals surface area (Å²) in [5, 5.41) is 2.56. The smallest absolute Gasteiger partial charge is 0.0428 e. The first-order chi connectivity index (χ1) is 13.4. The van der Waals surface area contributed by atoms with Gasteiger partial charge in [-0.1, -0.05) is 97.1 Å². The molecule has 0 amide bonds. The second kappa shape index (κ2) is 6.86. The highest BCUT2D eigenvalue weighted by Gasteiger charge is 2.14. The molecule has 0 bridgehead atoms. The van der Waals surface area contributed by atoms with Crippen LogP contribution < -0.4 is 0 Å². The molecule has 5 aromatic rings. The molecule has 128 valence electrons. The maximum atomic E-state index is 2.33. The van der Waals surface area contributed by atoms with Crippen LogP contribution in [-0.4, -0.2) is 0 Å². The Morgan fingerprint density at radius 3 is 1.81 bits per heavy atom. The Labute approximate surface area is 163 Å². The minimum absolute atomic E-state index is 1.26. The van der Waals surface area contributed by atoms with Gasteiger partial charge in [0, 0.05) is 15.3 Å². The van der Waals surface area contributed by atoms with E-state index in [4.69, 9.17) is 0 Å². The van der Waals surface area contributed by atoms with Gasteiger partial charge >= 0.3 is 0 Å². The highest BCUT2D eigenvalue weighted by atomic mass is 32.1. The van der Waals surface area contributed by atoms with Gasteiger partial charge in [-0.15, -0.1) is 11.3 Å². The first-order valence-electron chi connectivity index (χ1n) is 9.12. The average Bonchev–Trinajstić information content (AvgIpc) is 3.20. The van der Waals surface area contributed by atoms with Crippen LogP contribution in [0.1, 0.15) is 0 Å². The van der Waals surface area contributed by atoms with Gasteiger partial charge in [0.1, 0.15) is 0 Å². The molecule has 0 nitrogen and oxygen atoms in total. The van der Waals surface area contributed by atoms with Gasteiger partial charge in [0.05, 0.1) is 0 Å². The number of benzene rings is 4. The van der Waals surface area contributed by atoms with Crippen molar-refractivity contribution >= 4 is 22.1 Å². The van der Waals surface area contributed by atoms with Crippen molar-refractivity contribution < 1.29 is 0 Å². The van der Waals surface area contributed by atoms with E-state index in [0.717, 1.165) is 0 Å². The van der Waals surface area contributed by atoms with Crippen LogP contribution in [0, 0.1) is 0 Å². The minimum Gasteiger partial charge on any atom is -0.135 e. The van der Waals surface area contributed by atoms with Gasteiger partial charge in [-0.05, 0) is 39.6 Å². The van der Waals surface area contributed by atoms with Crippen LogP contribution in [0.15, 0.2) is 109 Å². The Balaban J connectivity index is 1.73. The third-order valence-corrected chi connectivity index (χ3v) is 6.12. The molecule has 4 aromatic carbocycles. The molecule has 1 aromatic heterocycles. The van der Waals surface area contributed by atoms with E-state index in [0.29, 0.717) is 0 Å². The highest BCUT2D eigenvalue weighted by molar-refractivity contribution is 7.19. The molecule has 5 rings (SSSR count). The van der Waals surface area contributed by atoms with E-state index in [1.807, 2.05) is 11.3 Å². The van der Waals surface area contributed by atoms with Crippen molar-refractivity contribution in [3.8, 4) is 32.0 Å². The molecule has 0 saturated heterocycles. The molecular weight excluding hydrogens is 344 g/mol. The second-order valence-electron chi connectivity index (χ2n) is 6.65. The highest BCUT2D eigenvalue weighted by Crippen LogP contribution is 2.43. The fourth-order valence-electron chi connectivity index (χ4n) is 3.51. The van der Waals surface area contributed by atoms with Crippen LogP contribution in [-0.2, 0) is 0 Å². The second-order valence-corrected chi connectivity index (χ2v) is 7.70. The maximum Gasteiger partial charge on any atom is 0.0428 e. The molecule has 1 heterocycles. The maximum absolute atomic E-state index is 2.33. The third-order valence-electron chi connectivity index (χ3n) is 4.89. The number of hydrogen-bond acceptors (Lipinski definition) is 1. The van der Waals surface area contributed by atoms with E-state index in [9.17, 15) is 0 Å². The molecule has 0 unspecified atom stereocenters. The van der Waals surface area contributed by atoms with Gasteiger partial charge in [0.2, 0.25) is 0 Å². The van der Waals surface area contributed by atoms with Crippen molar-refractivity contribution in [1.29, 1.82) is 0 Å². The zero-order valence-corrected chi connectivity index (χ0v) is 15.6. The first kappa shape index (κ1) is 16.0. The molecule has 0 atom stereocenters. The van der Waals surface area contributed by atoms with E-state index in [-0.39, 0.29) is 0 Å². The largest absolute Gasteiger partial charge is 0.135 e. The average molecular weight is 362 g/mol. The molecule has 0 aliphatic rings. The first-order valence-corrected chi connectivity index (χ1v) is 9.94. The van der Waals surface area contributed by atoms with Gasteiger partial charge in [-0.3, -0.25) is 0 Å². The Morgan fingerprint density at radius 2 is 1.07 bits per heavy atom. The Bertz CT molecular complexity index is 1200. The van der Waals surface area contributed by atoms with Crippen molar-refractivity contribution in [2.45, 2.75) is 0 Å². The van der Waals surface area contributed by atoms with Crippen LogP contribution in [0.4, 0.5) is 0 Å². The van der Waals surface area contributed by atoms with Crippen LogP contribution in [0.2, 0.25) is 0 Å². The molecule has 0 fully saturated rings. The standard InChI is InChI=1S/C26H18S/c1-3-10-20(11-4-1)24-18-25(21-12-5-2-6-13-21)27-26(24)23-16-15-19-9-7-8-14-22(19)17-23/h1-18H. The lowest BCUT2D eigenvalue weighted by atomic mass is 9.99. The Hall–Kier alpha value is -3.16. The van der Waals surface area contributed by atoms with E-state index < -0.39 is 0 Å². The summed E-state index contributed by atoms with van der Waals surface area (Å²) >= 11 is 1.87. The summed E-state index contributed by atoms with van der Waals surface area (Å²) in [5.74, 6) is 0. The molecule has 0 radical (unpaired) electrons. The van der Waals surface area contributed by atoms with Gasteiger partial charge in [0.25, 0.3) is 0 Å². The number of rotatable bonds is 3. The lowest BCUT2D eigenvalue weighted by Crippen LogP contribution is -1.80. The van der Waals surface area contributed by atoms with Gasteiger partial charge in [-0.2, -0.15) is 0 Å². The quantitative estimate of drug-likeness (QED) is 0.306. The van der Waals surface area contributed by atoms with Gasteiger partial charge in [-0.25, -0.2) is 0 Å². The fourth-order valence-corrected chi connectivity index (χ4v) is 4.70. The van der Waals surface area contributed by atoms with Crippen LogP contribution >= 0.6 is 11.3 Å². The summed E-state index contributed by atoms with van der Waals surface area (Å²) < 4.78 is 0. The molecule has 1 heteroatoms. The zero-order chi connectivity index (χ0) is 18.1. The lowest BCUT2D eigenvalue weighted by molar-refractivity contribution is 1.65. The minimum atomic E-state index is 1.26. The van der Waals surface area contributed by atoms with Crippen molar-refractivity contribution in [1.82, 2.24) is 0 Å². The third kappa shape index (κ3) is 3.07. The van der Waals surface area contributed by atoms with Gasteiger partial charge in [0.15, 0.2) is 0 Å². The summed E-state index contributed by atoms with van der Waals surface area (Å²) in [4.78, 5) is 2.63. The number of thiophene rings is 1. The molecule has 0 aliphatic heterocycles. The topological polar surface area (TPSA) is 0 Å². The van der Waals surface area contributed by atoms with Crippen LogP contribution in [0.3, 0.4) is 0 Å². The monoisotopic (exact) mass is 362 g/mol. The van der Waals surface area contributed by atoms with Crippen molar-refractivity contribution in [3.05, 3.63) is 109 Å². The Kier molecular flexibility index (Phi) is 4.08. The van der Waals surface area contributed by atoms with Crippen LogP contribution in [0.5, 0.6) is 0 Å². The Morgan fingerprint density at radius 1 is 0.444 bits per heavy atom. The molecular formula is C26H18S. The zero-order valence-electron chi connectivity index (χ0n) is 14.8. The molecule has 0 saturated carbocycles. The van der Waals surface area contributed by atoms with E-state index >= 15 is 0 Å². The summed E-state index contributed by atoms with van der Waals surface area (Å²) in [7, 11) is 0. The van der Waals surface area contributed by atoms with E-state index in [1.165, 1.54) is 42.8 Å². The van der Waals surface area contributed by atoms with E-state index in [2.05, 4.69) is 109 Å². The number of fused-ring (bicyclic) bond motifs is 1. The number of hydrogen-bond donors (Lipinski definition) is 0. The summed E-state index contributed by atoms with van der Waals surface area (Å²) in [5.41, 5.74) is 5.11.